The SMILES string of the molecule is O=C(NC[C@H]1Cc2ccccc2CN1)c1cnc(C2CC2)[nH]1. The minimum Gasteiger partial charge on any atom is -0.349 e. The zero-order chi connectivity index (χ0) is 14.9. The summed E-state index contributed by atoms with van der Waals surface area (Å²) >= 11 is 0. The van der Waals surface area contributed by atoms with E-state index in [1.54, 1.807) is 6.20 Å². The predicted octanol–water partition coefficient (Wildman–Crippen LogP) is 1.73. The van der Waals surface area contributed by atoms with Crippen molar-refractivity contribution in [1.29, 1.82) is 0 Å². The van der Waals surface area contributed by atoms with Gasteiger partial charge in [0.25, 0.3) is 5.91 Å². The van der Waals surface area contributed by atoms with Crippen molar-refractivity contribution >= 4 is 5.91 Å². The lowest BCUT2D eigenvalue weighted by molar-refractivity contribution is 0.0944. The Bertz CT molecular complexity index is 689. The lowest BCUT2D eigenvalue weighted by Crippen LogP contribution is -2.44. The highest BCUT2D eigenvalue weighted by molar-refractivity contribution is 5.92. The largest absolute Gasteiger partial charge is 0.349 e. The van der Waals surface area contributed by atoms with Crippen molar-refractivity contribution in [3.63, 3.8) is 0 Å². The summed E-state index contributed by atoms with van der Waals surface area (Å²) in [6.45, 7) is 1.50. The summed E-state index contributed by atoms with van der Waals surface area (Å²) in [7, 11) is 0. The Hall–Kier alpha value is -2.14. The Morgan fingerprint density at radius 2 is 2.09 bits per heavy atom. The normalized spacial score (nSPS) is 20.5. The quantitative estimate of drug-likeness (QED) is 0.805. The Morgan fingerprint density at radius 3 is 2.91 bits per heavy atom. The van der Waals surface area contributed by atoms with Gasteiger partial charge in [0.2, 0.25) is 0 Å². The van der Waals surface area contributed by atoms with E-state index in [2.05, 4.69) is 44.9 Å². The van der Waals surface area contributed by atoms with E-state index in [0.717, 1.165) is 18.8 Å². The molecular weight excluding hydrogens is 276 g/mol. The summed E-state index contributed by atoms with van der Waals surface area (Å²) in [6, 6.07) is 8.75. The van der Waals surface area contributed by atoms with Crippen molar-refractivity contribution in [3.8, 4) is 0 Å². The van der Waals surface area contributed by atoms with Crippen molar-refractivity contribution in [2.75, 3.05) is 6.54 Å². The van der Waals surface area contributed by atoms with Gasteiger partial charge in [-0.25, -0.2) is 4.98 Å². The standard InChI is InChI=1S/C17H20N4O/c22-17(15-10-19-16(21-15)11-5-6-11)20-9-14-7-12-3-1-2-4-13(12)8-18-14/h1-4,10-11,14,18H,5-9H2,(H,19,21)(H,20,22)/t14-/m1/s1. The van der Waals surface area contributed by atoms with Crippen LogP contribution in [0.25, 0.3) is 0 Å². The fraction of sp³-hybridized carbons (Fsp3) is 0.412. The summed E-state index contributed by atoms with van der Waals surface area (Å²) in [6.07, 6.45) is 4.96. The number of carbonyl (C=O) groups is 1. The lowest BCUT2D eigenvalue weighted by Gasteiger charge is -2.26. The number of carbonyl (C=O) groups excluding carboxylic acids is 1. The van der Waals surface area contributed by atoms with Gasteiger partial charge >= 0.3 is 0 Å². The molecule has 4 rings (SSSR count). The monoisotopic (exact) mass is 296 g/mol. The van der Waals surface area contributed by atoms with Gasteiger partial charge in [-0.05, 0) is 30.4 Å². The first kappa shape index (κ1) is 13.5. The number of aromatic nitrogens is 2. The molecule has 114 valence electrons. The summed E-state index contributed by atoms with van der Waals surface area (Å²) in [4.78, 5) is 19.6. The van der Waals surface area contributed by atoms with E-state index >= 15 is 0 Å². The highest BCUT2D eigenvalue weighted by atomic mass is 16.1. The molecule has 1 fully saturated rings. The minimum atomic E-state index is -0.0694. The second kappa shape index (κ2) is 5.57. The molecule has 0 unspecified atom stereocenters. The van der Waals surface area contributed by atoms with Gasteiger partial charge in [-0.1, -0.05) is 24.3 Å². The third kappa shape index (κ3) is 2.76. The van der Waals surface area contributed by atoms with Gasteiger partial charge in [-0.2, -0.15) is 0 Å². The van der Waals surface area contributed by atoms with Gasteiger partial charge in [0.1, 0.15) is 11.5 Å². The number of nitrogens with zero attached hydrogens (tertiary/aromatic N) is 1. The summed E-state index contributed by atoms with van der Waals surface area (Å²) in [5.74, 6) is 1.42. The number of hydrogen-bond acceptors (Lipinski definition) is 3. The topological polar surface area (TPSA) is 69.8 Å². The highest BCUT2D eigenvalue weighted by Crippen LogP contribution is 2.38. The maximum atomic E-state index is 12.2. The zero-order valence-corrected chi connectivity index (χ0v) is 12.4. The Kier molecular flexibility index (Phi) is 3.42. The molecule has 0 radical (unpaired) electrons. The molecule has 1 atom stereocenters. The fourth-order valence-electron chi connectivity index (χ4n) is 2.99. The molecule has 0 saturated heterocycles. The molecule has 1 amide bonds. The molecule has 1 aliphatic heterocycles. The number of H-pyrrole nitrogens is 1. The molecule has 2 aliphatic rings. The second-order valence-corrected chi connectivity index (χ2v) is 6.22. The van der Waals surface area contributed by atoms with E-state index in [4.69, 9.17) is 0 Å². The van der Waals surface area contributed by atoms with E-state index in [1.165, 1.54) is 24.0 Å². The number of nitrogens with one attached hydrogen (secondary N) is 3. The highest BCUT2D eigenvalue weighted by Gasteiger charge is 2.27. The van der Waals surface area contributed by atoms with Crippen molar-refractivity contribution in [2.24, 2.45) is 0 Å². The number of amides is 1. The van der Waals surface area contributed by atoms with Crippen LogP contribution in [0.5, 0.6) is 0 Å². The average Bonchev–Trinajstić information content (AvgIpc) is 3.29. The smallest absolute Gasteiger partial charge is 0.269 e. The molecule has 0 bridgehead atoms. The molecule has 5 nitrogen and oxygen atoms in total. The van der Waals surface area contributed by atoms with E-state index < -0.39 is 0 Å². The van der Waals surface area contributed by atoms with Gasteiger partial charge in [-0.3, -0.25) is 4.79 Å². The van der Waals surface area contributed by atoms with Crippen LogP contribution in [-0.2, 0) is 13.0 Å². The number of aromatic amines is 1. The van der Waals surface area contributed by atoms with Gasteiger partial charge in [0, 0.05) is 25.0 Å². The molecule has 1 saturated carbocycles. The van der Waals surface area contributed by atoms with Crippen molar-refractivity contribution in [1.82, 2.24) is 20.6 Å². The van der Waals surface area contributed by atoms with Crippen LogP contribution in [0.1, 0.15) is 46.2 Å². The van der Waals surface area contributed by atoms with Crippen LogP contribution < -0.4 is 10.6 Å². The molecule has 1 aliphatic carbocycles. The molecule has 1 aromatic carbocycles. The van der Waals surface area contributed by atoms with Gasteiger partial charge < -0.3 is 15.6 Å². The first-order chi connectivity index (χ1) is 10.8. The summed E-state index contributed by atoms with van der Waals surface area (Å²) in [5.41, 5.74) is 3.30. The molecule has 3 N–H and O–H groups in total. The number of hydrogen-bond donors (Lipinski definition) is 3. The first-order valence-electron chi connectivity index (χ1n) is 7.93. The third-order valence-corrected chi connectivity index (χ3v) is 4.48. The summed E-state index contributed by atoms with van der Waals surface area (Å²) < 4.78 is 0. The van der Waals surface area contributed by atoms with Gasteiger partial charge in [-0.15, -0.1) is 0 Å². The number of imidazole rings is 1. The maximum absolute atomic E-state index is 12.2. The van der Waals surface area contributed by atoms with Crippen molar-refractivity contribution < 1.29 is 4.79 Å². The molecule has 2 heterocycles. The average molecular weight is 296 g/mol. The van der Waals surface area contributed by atoms with Gasteiger partial charge in [0.05, 0.1) is 6.20 Å². The van der Waals surface area contributed by atoms with Crippen LogP contribution in [0.3, 0.4) is 0 Å². The molecule has 1 aromatic heterocycles. The van der Waals surface area contributed by atoms with E-state index in [-0.39, 0.29) is 11.9 Å². The fourth-order valence-corrected chi connectivity index (χ4v) is 2.99. The van der Waals surface area contributed by atoms with Crippen LogP contribution >= 0.6 is 0 Å². The van der Waals surface area contributed by atoms with E-state index in [1.807, 2.05) is 0 Å². The number of rotatable bonds is 4. The van der Waals surface area contributed by atoms with Crippen LogP contribution in [0.4, 0.5) is 0 Å². The third-order valence-electron chi connectivity index (χ3n) is 4.48. The Morgan fingerprint density at radius 1 is 1.27 bits per heavy atom. The van der Waals surface area contributed by atoms with Crippen LogP contribution in [-0.4, -0.2) is 28.5 Å². The Balaban J connectivity index is 1.33. The second-order valence-electron chi connectivity index (χ2n) is 6.22. The van der Waals surface area contributed by atoms with E-state index in [0.29, 0.717) is 18.2 Å². The maximum Gasteiger partial charge on any atom is 0.269 e. The molecule has 2 aromatic rings. The predicted molar refractivity (Wildman–Crippen MR) is 83.7 cm³/mol. The molecular formula is C17H20N4O. The van der Waals surface area contributed by atoms with E-state index in [9.17, 15) is 4.79 Å². The van der Waals surface area contributed by atoms with Gasteiger partial charge in [0.15, 0.2) is 0 Å². The molecule has 0 spiro atoms. The van der Waals surface area contributed by atoms with Crippen molar-refractivity contribution in [2.45, 2.75) is 37.8 Å². The van der Waals surface area contributed by atoms with Crippen LogP contribution in [0, 0.1) is 0 Å². The zero-order valence-electron chi connectivity index (χ0n) is 12.4. The number of fused-ring (bicyclic) bond motifs is 1. The number of benzene rings is 1. The van der Waals surface area contributed by atoms with Crippen LogP contribution in [0.15, 0.2) is 30.5 Å². The minimum absolute atomic E-state index is 0.0694. The van der Waals surface area contributed by atoms with Crippen LogP contribution in [0.2, 0.25) is 0 Å². The first-order valence-corrected chi connectivity index (χ1v) is 7.93. The van der Waals surface area contributed by atoms with Crippen molar-refractivity contribution in [3.05, 3.63) is 53.1 Å². The Labute approximate surface area is 129 Å². The summed E-state index contributed by atoms with van der Waals surface area (Å²) in [5, 5.41) is 6.47. The molecule has 5 heteroatoms. The lowest BCUT2D eigenvalue weighted by atomic mass is 9.96. The molecule has 22 heavy (non-hydrogen) atoms.